The van der Waals surface area contributed by atoms with E-state index < -0.39 is 0 Å². The van der Waals surface area contributed by atoms with Crippen molar-refractivity contribution in [2.45, 2.75) is 33.2 Å². The van der Waals surface area contributed by atoms with Crippen LogP contribution in [0.2, 0.25) is 0 Å². The summed E-state index contributed by atoms with van der Waals surface area (Å²) in [5, 5.41) is 4.24. The second-order valence-corrected chi connectivity index (χ2v) is 5.12. The van der Waals surface area contributed by atoms with E-state index >= 15 is 0 Å². The summed E-state index contributed by atoms with van der Waals surface area (Å²) in [6, 6.07) is 0.284. The molecule has 0 aliphatic rings. The third-order valence-electron chi connectivity index (χ3n) is 2.67. The van der Waals surface area contributed by atoms with Gasteiger partial charge in [0.2, 0.25) is 0 Å². The van der Waals surface area contributed by atoms with E-state index in [-0.39, 0.29) is 11.6 Å². The molecule has 0 amide bonds. The Bertz CT molecular complexity index is 615. The summed E-state index contributed by atoms with van der Waals surface area (Å²) in [5.74, 6) is 0.562. The molecule has 2 rings (SSSR count). The SMILES string of the molecule is CCc1nc(-c2cnn(C(C)C)c2)[nH]c(=O)c1Br. The van der Waals surface area contributed by atoms with Crippen LogP contribution in [0.5, 0.6) is 0 Å². The van der Waals surface area contributed by atoms with Gasteiger partial charge in [0.1, 0.15) is 10.3 Å². The molecule has 0 atom stereocenters. The number of hydrogen-bond acceptors (Lipinski definition) is 3. The van der Waals surface area contributed by atoms with E-state index in [2.05, 4.69) is 31.0 Å². The van der Waals surface area contributed by atoms with Crippen LogP contribution in [0.1, 0.15) is 32.5 Å². The second-order valence-electron chi connectivity index (χ2n) is 4.33. The Morgan fingerprint density at radius 2 is 2.22 bits per heavy atom. The average Bonchev–Trinajstić information content (AvgIpc) is 2.82. The lowest BCUT2D eigenvalue weighted by Gasteiger charge is -2.04. The maximum Gasteiger partial charge on any atom is 0.265 e. The first-order valence-corrected chi connectivity index (χ1v) is 6.65. The summed E-state index contributed by atoms with van der Waals surface area (Å²) in [6.45, 7) is 6.06. The van der Waals surface area contributed by atoms with Crippen LogP contribution in [-0.2, 0) is 6.42 Å². The molecular weight excluding hydrogens is 296 g/mol. The number of hydrogen-bond donors (Lipinski definition) is 1. The van der Waals surface area contributed by atoms with Gasteiger partial charge in [-0.15, -0.1) is 0 Å². The quantitative estimate of drug-likeness (QED) is 0.947. The monoisotopic (exact) mass is 310 g/mol. The minimum Gasteiger partial charge on any atom is -0.305 e. The number of nitrogens with zero attached hydrogens (tertiary/aromatic N) is 3. The second kappa shape index (κ2) is 5.06. The van der Waals surface area contributed by atoms with E-state index in [0.717, 1.165) is 11.3 Å². The Balaban J connectivity index is 2.50. The lowest BCUT2D eigenvalue weighted by Crippen LogP contribution is -2.13. The summed E-state index contributed by atoms with van der Waals surface area (Å²) in [4.78, 5) is 19.0. The molecule has 0 fully saturated rings. The van der Waals surface area contributed by atoms with Crippen molar-refractivity contribution in [2.75, 3.05) is 0 Å². The molecule has 5 nitrogen and oxygen atoms in total. The third kappa shape index (κ3) is 2.38. The highest BCUT2D eigenvalue weighted by Gasteiger charge is 2.11. The standard InChI is InChI=1S/C12H15BrN4O/c1-4-9-10(13)12(18)16-11(15-9)8-5-14-17(6-8)7(2)3/h5-7H,4H2,1-3H3,(H,15,16,18). The normalized spacial score (nSPS) is 11.2. The first-order chi connectivity index (χ1) is 8.52. The molecule has 1 N–H and O–H groups in total. The van der Waals surface area contributed by atoms with E-state index in [1.54, 1.807) is 6.20 Å². The van der Waals surface area contributed by atoms with Crippen molar-refractivity contribution in [3.05, 3.63) is 32.9 Å². The van der Waals surface area contributed by atoms with Crippen LogP contribution >= 0.6 is 15.9 Å². The predicted octanol–water partition coefficient (Wildman–Crippen LogP) is 2.54. The van der Waals surface area contributed by atoms with Crippen molar-refractivity contribution >= 4 is 15.9 Å². The van der Waals surface area contributed by atoms with Gasteiger partial charge in [-0.25, -0.2) is 4.98 Å². The van der Waals surface area contributed by atoms with Gasteiger partial charge in [-0.2, -0.15) is 5.10 Å². The molecule has 0 aliphatic carbocycles. The van der Waals surface area contributed by atoms with E-state index in [0.29, 0.717) is 16.7 Å². The zero-order valence-electron chi connectivity index (χ0n) is 10.6. The van der Waals surface area contributed by atoms with Gasteiger partial charge in [-0.1, -0.05) is 6.92 Å². The zero-order valence-corrected chi connectivity index (χ0v) is 12.2. The number of rotatable bonds is 3. The molecule has 2 heterocycles. The van der Waals surface area contributed by atoms with Gasteiger partial charge in [-0.05, 0) is 36.2 Å². The van der Waals surface area contributed by atoms with Crippen LogP contribution in [0.3, 0.4) is 0 Å². The summed E-state index contributed by atoms with van der Waals surface area (Å²) in [5.41, 5.74) is 1.42. The van der Waals surface area contributed by atoms with Gasteiger partial charge in [0.15, 0.2) is 0 Å². The summed E-state index contributed by atoms with van der Waals surface area (Å²) in [7, 11) is 0. The first-order valence-electron chi connectivity index (χ1n) is 5.86. The molecule has 0 unspecified atom stereocenters. The zero-order chi connectivity index (χ0) is 13.3. The number of halogens is 1. The lowest BCUT2D eigenvalue weighted by molar-refractivity contribution is 0.532. The average molecular weight is 311 g/mol. The highest BCUT2D eigenvalue weighted by atomic mass is 79.9. The van der Waals surface area contributed by atoms with Crippen LogP contribution in [0.15, 0.2) is 21.7 Å². The van der Waals surface area contributed by atoms with Gasteiger partial charge in [0, 0.05) is 12.2 Å². The molecule has 18 heavy (non-hydrogen) atoms. The molecule has 2 aromatic rings. The van der Waals surface area contributed by atoms with E-state index in [1.807, 2.05) is 31.6 Å². The van der Waals surface area contributed by atoms with Crippen molar-refractivity contribution in [3.63, 3.8) is 0 Å². The number of aryl methyl sites for hydroxylation is 1. The fraction of sp³-hybridized carbons (Fsp3) is 0.417. The molecule has 96 valence electrons. The summed E-state index contributed by atoms with van der Waals surface area (Å²) < 4.78 is 2.34. The molecule has 0 radical (unpaired) electrons. The first kappa shape index (κ1) is 13.0. The number of H-pyrrole nitrogens is 1. The molecule has 6 heteroatoms. The lowest BCUT2D eigenvalue weighted by atomic mass is 10.3. The van der Waals surface area contributed by atoms with Gasteiger partial charge in [0.25, 0.3) is 5.56 Å². The molecular formula is C12H15BrN4O. The van der Waals surface area contributed by atoms with Gasteiger partial charge in [0.05, 0.1) is 17.5 Å². The number of aromatic nitrogens is 4. The summed E-state index contributed by atoms with van der Waals surface area (Å²) in [6.07, 6.45) is 4.30. The van der Waals surface area contributed by atoms with Crippen molar-refractivity contribution in [1.82, 2.24) is 19.7 Å². The molecule has 0 saturated carbocycles. The van der Waals surface area contributed by atoms with Crippen molar-refractivity contribution in [1.29, 1.82) is 0 Å². The smallest absolute Gasteiger partial charge is 0.265 e. The molecule has 0 spiro atoms. The molecule has 2 aromatic heterocycles. The van der Waals surface area contributed by atoms with Gasteiger partial charge >= 0.3 is 0 Å². The van der Waals surface area contributed by atoms with Crippen LogP contribution < -0.4 is 5.56 Å². The van der Waals surface area contributed by atoms with Gasteiger partial charge in [-0.3, -0.25) is 9.48 Å². The Morgan fingerprint density at radius 1 is 1.50 bits per heavy atom. The predicted molar refractivity (Wildman–Crippen MR) is 73.5 cm³/mol. The van der Waals surface area contributed by atoms with Crippen LogP contribution in [0.4, 0.5) is 0 Å². The molecule has 0 bridgehead atoms. The molecule has 0 aromatic carbocycles. The van der Waals surface area contributed by atoms with Gasteiger partial charge < -0.3 is 4.98 Å². The molecule has 0 aliphatic heterocycles. The highest BCUT2D eigenvalue weighted by Crippen LogP contribution is 2.17. The van der Waals surface area contributed by atoms with Crippen LogP contribution in [0.25, 0.3) is 11.4 Å². The van der Waals surface area contributed by atoms with Crippen LogP contribution in [0, 0.1) is 0 Å². The Hall–Kier alpha value is -1.43. The topological polar surface area (TPSA) is 63.6 Å². The minimum absolute atomic E-state index is 0.158. The number of nitrogens with one attached hydrogen (secondary N) is 1. The van der Waals surface area contributed by atoms with Crippen LogP contribution in [-0.4, -0.2) is 19.7 Å². The van der Waals surface area contributed by atoms with E-state index in [9.17, 15) is 4.79 Å². The Kier molecular flexibility index (Phi) is 3.65. The number of aromatic amines is 1. The third-order valence-corrected chi connectivity index (χ3v) is 3.49. The summed E-state index contributed by atoms with van der Waals surface area (Å²) >= 11 is 3.25. The highest BCUT2D eigenvalue weighted by molar-refractivity contribution is 9.10. The minimum atomic E-state index is -0.158. The van der Waals surface area contributed by atoms with E-state index in [4.69, 9.17) is 0 Å². The maximum absolute atomic E-state index is 11.8. The van der Waals surface area contributed by atoms with E-state index in [1.165, 1.54) is 0 Å². The van der Waals surface area contributed by atoms with Crippen molar-refractivity contribution < 1.29 is 0 Å². The van der Waals surface area contributed by atoms with Crippen molar-refractivity contribution in [2.24, 2.45) is 0 Å². The van der Waals surface area contributed by atoms with Crippen molar-refractivity contribution in [3.8, 4) is 11.4 Å². The fourth-order valence-electron chi connectivity index (χ4n) is 1.62. The Morgan fingerprint density at radius 3 is 2.78 bits per heavy atom. The largest absolute Gasteiger partial charge is 0.305 e. The molecule has 0 saturated heterocycles. The Labute approximate surface area is 113 Å². The fourth-order valence-corrected chi connectivity index (χ4v) is 2.09. The maximum atomic E-state index is 11.8.